The zero-order chi connectivity index (χ0) is 19.4. The number of rotatable bonds is 6. The molecule has 2 aromatic carbocycles. The minimum Gasteiger partial charge on any atom is -0.494 e. The zero-order valence-corrected chi connectivity index (χ0v) is 17.2. The zero-order valence-electron chi connectivity index (χ0n) is 16.5. The van der Waals surface area contributed by atoms with Gasteiger partial charge in [0.15, 0.2) is 0 Å². The largest absolute Gasteiger partial charge is 0.494 e. The SMILES string of the molecule is CCOc1ccc(Cc2cc([C@@H]3O[C@H](C)CC(CC)[C@H]3N)ccc2Cl)cc1. The molecule has 1 heterocycles. The molecular formula is C23H30ClNO2. The maximum absolute atomic E-state index is 6.54. The highest BCUT2D eigenvalue weighted by Crippen LogP contribution is 2.37. The summed E-state index contributed by atoms with van der Waals surface area (Å²) in [4.78, 5) is 0. The van der Waals surface area contributed by atoms with E-state index in [2.05, 4.69) is 38.1 Å². The fraction of sp³-hybridized carbons (Fsp3) is 0.478. The van der Waals surface area contributed by atoms with Crippen molar-refractivity contribution in [1.29, 1.82) is 0 Å². The van der Waals surface area contributed by atoms with Gasteiger partial charge >= 0.3 is 0 Å². The number of hydrogen-bond donors (Lipinski definition) is 1. The monoisotopic (exact) mass is 387 g/mol. The van der Waals surface area contributed by atoms with Gasteiger partial charge in [-0.15, -0.1) is 0 Å². The van der Waals surface area contributed by atoms with E-state index in [0.717, 1.165) is 41.2 Å². The highest BCUT2D eigenvalue weighted by atomic mass is 35.5. The summed E-state index contributed by atoms with van der Waals surface area (Å²) in [6.45, 7) is 7.00. The van der Waals surface area contributed by atoms with Gasteiger partial charge in [0.2, 0.25) is 0 Å². The Balaban J connectivity index is 1.81. The fourth-order valence-corrected chi connectivity index (χ4v) is 4.15. The average Bonchev–Trinajstić information content (AvgIpc) is 2.67. The van der Waals surface area contributed by atoms with Crippen molar-refractivity contribution in [3.63, 3.8) is 0 Å². The van der Waals surface area contributed by atoms with E-state index in [1.165, 1.54) is 5.56 Å². The molecule has 0 amide bonds. The van der Waals surface area contributed by atoms with Gasteiger partial charge in [-0.1, -0.05) is 49.2 Å². The Morgan fingerprint density at radius 2 is 1.89 bits per heavy atom. The van der Waals surface area contributed by atoms with Crippen LogP contribution < -0.4 is 10.5 Å². The number of ether oxygens (including phenoxy) is 2. The first-order valence-corrected chi connectivity index (χ1v) is 10.3. The van der Waals surface area contributed by atoms with Crippen LogP contribution in [0.25, 0.3) is 0 Å². The Bertz CT molecular complexity index is 747. The number of hydrogen-bond acceptors (Lipinski definition) is 3. The van der Waals surface area contributed by atoms with Crippen LogP contribution in [0, 0.1) is 5.92 Å². The Kier molecular flexibility index (Phi) is 6.80. The smallest absolute Gasteiger partial charge is 0.119 e. The average molecular weight is 388 g/mol. The van der Waals surface area contributed by atoms with E-state index in [0.29, 0.717) is 12.5 Å². The molecule has 1 fully saturated rings. The normalized spacial score (nSPS) is 25.4. The summed E-state index contributed by atoms with van der Waals surface area (Å²) in [5.74, 6) is 1.38. The molecule has 1 aliphatic rings. The Morgan fingerprint density at radius 1 is 1.15 bits per heavy atom. The van der Waals surface area contributed by atoms with Gasteiger partial charge < -0.3 is 15.2 Å². The summed E-state index contributed by atoms with van der Waals surface area (Å²) in [6, 6.07) is 14.4. The van der Waals surface area contributed by atoms with Crippen molar-refractivity contribution in [2.24, 2.45) is 11.7 Å². The van der Waals surface area contributed by atoms with Gasteiger partial charge in [-0.05, 0) is 67.5 Å². The van der Waals surface area contributed by atoms with Crippen LogP contribution in [0.3, 0.4) is 0 Å². The van der Waals surface area contributed by atoms with Crippen molar-refractivity contribution in [3.05, 3.63) is 64.2 Å². The van der Waals surface area contributed by atoms with E-state index in [1.807, 2.05) is 25.1 Å². The Morgan fingerprint density at radius 3 is 2.56 bits per heavy atom. The lowest BCUT2D eigenvalue weighted by Gasteiger charge is -2.39. The third-order valence-corrected chi connectivity index (χ3v) is 5.83. The molecule has 0 aromatic heterocycles. The van der Waals surface area contributed by atoms with Crippen LogP contribution in [-0.4, -0.2) is 18.8 Å². The lowest BCUT2D eigenvalue weighted by Crippen LogP contribution is -2.44. The van der Waals surface area contributed by atoms with E-state index >= 15 is 0 Å². The molecule has 0 radical (unpaired) electrons. The first-order chi connectivity index (χ1) is 13.0. The summed E-state index contributed by atoms with van der Waals surface area (Å²) in [5, 5.41) is 0.775. The topological polar surface area (TPSA) is 44.5 Å². The summed E-state index contributed by atoms with van der Waals surface area (Å²) in [5.41, 5.74) is 9.96. The molecule has 3 rings (SSSR count). The van der Waals surface area contributed by atoms with Crippen molar-refractivity contribution in [2.75, 3.05) is 6.61 Å². The minimum atomic E-state index is -0.0740. The maximum atomic E-state index is 6.54. The molecule has 0 bridgehead atoms. The molecule has 146 valence electrons. The summed E-state index contributed by atoms with van der Waals surface area (Å²) in [6.07, 6.45) is 3.03. The van der Waals surface area contributed by atoms with Gasteiger partial charge in [0, 0.05) is 11.1 Å². The molecule has 0 aliphatic carbocycles. The number of halogens is 1. The molecule has 1 saturated heterocycles. The van der Waals surface area contributed by atoms with Crippen molar-refractivity contribution >= 4 is 11.6 Å². The molecule has 0 spiro atoms. The van der Waals surface area contributed by atoms with Crippen LogP contribution in [0.4, 0.5) is 0 Å². The summed E-state index contributed by atoms with van der Waals surface area (Å²) >= 11 is 6.49. The van der Waals surface area contributed by atoms with Gasteiger partial charge in [0.05, 0.1) is 18.8 Å². The van der Waals surface area contributed by atoms with Gasteiger partial charge in [0.1, 0.15) is 5.75 Å². The molecule has 1 aliphatic heterocycles. The Hall–Kier alpha value is -1.55. The second-order valence-corrected chi connectivity index (χ2v) is 7.86. The predicted molar refractivity (Wildman–Crippen MR) is 112 cm³/mol. The second kappa shape index (κ2) is 9.09. The third-order valence-electron chi connectivity index (χ3n) is 5.46. The molecule has 2 aromatic rings. The second-order valence-electron chi connectivity index (χ2n) is 7.45. The Labute approximate surface area is 167 Å². The van der Waals surface area contributed by atoms with E-state index < -0.39 is 0 Å². The number of benzene rings is 2. The molecule has 0 saturated carbocycles. The van der Waals surface area contributed by atoms with Crippen molar-refractivity contribution in [3.8, 4) is 5.75 Å². The van der Waals surface area contributed by atoms with E-state index in [4.69, 9.17) is 26.8 Å². The summed E-state index contributed by atoms with van der Waals surface area (Å²) < 4.78 is 11.7. The standard InChI is InChI=1S/C23H30ClNO2/c1-4-17-12-15(3)27-23(22(17)25)18-8-11-21(24)19(14-18)13-16-6-9-20(10-7-16)26-5-2/h6-11,14-15,17,22-23H,4-5,12-13,25H2,1-3H3/t15-,17?,22-,23+/m1/s1. The fourth-order valence-electron chi connectivity index (χ4n) is 3.96. The van der Waals surface area contributed by atoms with Crippen LogP contribution in [0.15, 0.2) is 42.5 Å². The number of nitrogens with two attached hydrogens (primary N) is 1. The molecule has 4 atom stereocenters. The lowest BCUT2D eigenvalue weighted by atomic mass is 9.83. The molecule has 4 heteroatoms. The van der Waals surface area contributed by atoms with Crippen LogP contribution in [0.1, 0.15) is 56.4 Å². The summed E-state index contributed by atoms with van der Waals surface area (Å²) in [7, 11) is 0. The van der Waals surface area contributed by atoms with Crippen LogP contribution in [-0.2, 0) is 11.2 Å². The maximum Gasteiger partial charge on any atom is 0.119 e. The van der Waals surface area contributed by atoms with Crippen molar-refractivity contribution in [2.45, 2.75) is 58.3 Å². The van der Waals surface area contributed by atoms with E-state index in [-0.39, 0.29) is 18.2 Å². The lowest BCUT2D eigenvalue weighted by molar-refractivity contribution is -0.0779. The molecule has 2 N–H and O–H groups in total. The molecular weight excluding hydrogens is 358 g/mol. The minimum absolute atomic E-state index is 0.0192. The van der Waals surface area contributed by atoms with Crippen LogP contribution in [0.2, 0.25) is 5.02 Å². The molecule has 27 heavy (non-hydrogen) atoms. The van der Waals surface area contributed by atoms with E-state index in [9.17, 15) is 0 Å². The highest BCUT2D eigenvalue weighted by molar-refractivity contribution is 6.31. The predicted octanol–water partition coefficient (Wildman–Crippen LogP) is 5.53. The van der Waals surface area contributed by atoms with E-state index in [1.54, 1.807) is 0 Å². The first kappa shape index (κ1) is 20.2. The van der Waals surface area contributed by atoms with Gasteiger partial charge in [-0.2, -0.15) is 0 Å². The van der Waals surface area contributed by atoms with Gasteiger partial charge in [-0.25, -0.2) is 0 Å². The highest BCUT2D eigenvalue weighted by Gasteiger charge is 2.34. The van der Waals surface area contributed by atoms with Gasteiger partial charge in [0.25, 0.3) is 0 Å². The van der Waals surface area contributed by atoms with Gasteiger partial charge in [-0.3, -0.25) is 0 Å². The van der Waals surface area contributed by atoms with Crippen molar-refractivity contribution < 1.29 is 9.47 Å². The van der Waals surface area contributed by atoms with Crippen molar-refractivity contribution in [1.82, 2.24) is 0 Å². The first-order valence-electron chi connectivity index (χ1n) is 9.92. The van der Waals surface area contributed by atoms with Crippen LogP contribution >= 0.6 is 11.6 Å². The van der Waals surface area contributed by atoms with Crippen LogP contribution in [0.5, 0.6) is 5.75 Å². The quantitative estimate of drug-likeness (QED) is 0.708. The molecule has 1 unspecified atom stereocenters. The molecule has 3 nitrogen and oxygen atoms in total. The third kappa shape index (κ3) is 4.84.